The fraction of sp³-hybridized carbons (Fsp3) is 0.105. The summed E-state index contributed by atoms with van der Waals surface area (Å²) in [6, 6.07) is 58.7. The third kappa shape index (κ3) is 11.4. The molecule has 0 aliphatic carbocycles. The van der Waals surface area contributed by atoms with Crippen molar-refractivity contribution in [2.75, 3.05) is 9.80 Å². The van der Waals surface area contributed by atoms with E-state index in [-0.39, 0.29) is 55.0 Å². The van der Waals surface area contributed by atoms with E-state index in [1.54, 1.807) is 23.5 Å². The van der Waals surface area contributed by atoms with Gasteiger partial charge >= 0.3 is 0 Å². The Morgan fingerprint density at radius 2 is 0.658 bits per heavy atom. The highest BCUT2D eigenvalue weighted by Gasteiger charge is 2.47. The van der Waals surface area contributed by atoms with Gasteiger partial charge < -0.3 is 18.9 Å². The number of fused-ring (bicyclic) bond motifs is 26. The van der Waals surface area contributed by atoms with Crippen molar-refractivity contribution in [3.05, 3.63) is 380 Å². The van der Waals surface area contributed by atoms with E-state index in [1.807, 2.05) is 60.7 Å². The molecule has 17 aromatic carbocycles. The molecule has 3 aliphatic heterocycles. The lowest BCUT2D eigenvalue weighted by Gasteiger charge is -2.47. The molecule has 0 radical (unpaired) electrons. The molecule has 0 saturated carbocycles. The molecule has 20 aromatic rings. The van der Waals surface area contributed by atoms with Gasteiger partial charge in [-0.1, -0.05) is 298 Å². The summed E-state index contributed by atoms with van der Waals surface area (Å²) in [6.07, 6.45) is 0. The predicted octanol–water partition coefficient (Wildman–Crippen LogP) is 29.9. The maximum Gasteiger partial charge on any atom is 0.252 e. The van der Waals surface area contributed by atoms with E-state index in [9.17, 15) is 24.7 Å². The summed E-state index contributed by atoms with van der Waals surface area (Å²) in [4.78, 5) is 4.59. The number of thiophene rings is 1. The van der Waals surface area contributed by atoms with Gasteiger partial charge in [0.15, 0.2) is 0 Å². The molecule has 572 valence electrons. The maximum absolute atomic E-state index is 10.8. The molecule has 0 unspecified atom stereocenters. The summed E-state index contributed by atoms with van der Waals surface area (Å²) in [5.41, 5.74) is 13.7. The van der Waals surface area contributed by atoms with Crippen molar-refractivity contribution in [1.29, 1.82) is 0 Å². The lowest BCUT2D eigenvalue weighted by molar-refractivity contribution is 0.590. The molecule has 0 spiro atoms. The average Bonchev–Trinajstić information content (AvgIpc) is 1.68. The molecule has 0 fully saturated rings. The molecule has 6 heteroatoms. The van der Waals surface area contributed by atoms with Gasteiger partial charge in [0.2, 0.25) is 0 Å². The zero-order valence-corrected chi connectivity index (χ0v) is 67.9. The fourth-order valence-corrected chi connectivity index (χ4v) is 19.4. The second kappa shape index (κ2) is 26.9. The molecule has 0 amide bonds. The summed E-state index contributed by atoms with van der Waals surface area (Å²) >= 11 is 1.71. The number of nitrogens with zero attached hydrogens (tertiary/aromatic N) is 4. The monoisotopic (exact) mass is 1580 g/mol. The lowest BCUT2D eigenvalue weighted by atomic mass is 9.33. The quantitative estimate of drug-likeness (QED) is 0.154. The Bertz CT molecular complexity index is 9080. The number of hydrogen-bond acceptors (Lipinski definition) is 3. The van der Waals surface area contributed by atoms with Crippen molar-refractivity contribution in [2.45, 2.75) is 78.6 Å². The van der Waals surface area contributed by atoms with Gasteiger partial charge in [0.05, 0.1) is 66.3 Å². The van der Waals surface area contributed by atoms with Crippen molar-refractivity contribution >= 4 is 132 Å². The maximum atomic E-state index is 10.8. The minimum Gasteiger partial charge on any atom is -0.310 e. The van der Waals surface area contributed by atoms with Gasteiger partial charge in [-0.15, -0.1) is 11.3 Å². The van der Waals surface area contributed by atoms with E-state index >= 15 is 0 Å². The summed E-state index contributed by atoms with van der Waals surface area (Å²) in [6.45, 7) is 18.6. The van der Waals surface area contributed by atoms with Crippen LogP contribution in [0.4, 0.5) is 34.1 Å². The van der Waals surface area contributed by atoms with Crippen LogP contribution in [0.2, 0.25) is 0 Å². The SMILES string of the molecule is [2H]c1c([2H])c([2H])c(-c2c([2H])c([2H])c3c(c2[2H])c2c([2H])c([2H])c([2H])c([2H])c2n3-c2ccc3c(c2)N2c4cc(C(C)(C)C)cc5c4B3c3ccc(-n4c6c([2H])c([2H])c([2H])c([2H])c6c6c([2H])c([2H])c(-c7c([2H])c([2H])c([2H])c([2H])c7[2H])c([2H])c64)cc3N5c3c(-c4ccccc4)cc(C(C)(C)C)cc3-c3cccc(c3)-c3ccc4sc5ccc(cc5c4c3)-c3cccc(c3)-c3cc(C(C)(C)C)cc(-c4ccccc4)c32)c([2H])c1[2H]. The first-order chi connectivity index (χ1) is 68.4. The van der Waals surface area contributed by atoms with E-state index in [4.69, 9.17) is 8.22 Å². The first-order valence-electron chi connectivity index (χ1n) is 52.3. The second-order valence-corrected chi connectivity index (χ2v) is 35.7. The molecule has 0 N–H and O–H groups in total. The van der Waals surface area contributed by atoms with Crippen LogP contribution >= 0.6 is 11.3 Å². The van der Waals surface area contributed by atoms with Gasteiger partial charge in [-0.2, -0.15) is 0 Å². The van der Waals surface area contributed by atoms with E-state index in [1.165, 1.54) is 9.13 Å². The Labute approximate surface area is 739 Å². The van der Waals surface area contributed by atoms with Gasteiger partial charge in [-0.25, -0.2) is 0 Å². The van der Waals surface area contributed by atoms with Gasteiger partial charge in [0.1, 0.15) is 0 Å². The van der Waals surface area contributed by atoms with E-state index in [2.05, 4.69) is 218 Å². The smallest absolute Gasteiger partial charge is 0.252 e. The van der Waals surface area contributed by atoms with E-state index in [0.29, 0.717) is 45.0 Å². The van der Waals surface area contributed by atoms with E-state index < -0.39 is 190 Å². The summed E-state index contributed by atoms with van der Waals surface area (Å²) < 4.78 is 237. The van der Waals surface area contributed by atoms with Crippen LogP contribution in [-0.4, -0.2) is 15.8 Å². The zero-order chi connectivity index (χ0) is 102. The Hall–Kier alpha value is -13.8. The Balaban J connectivity index is 0.949. The summed E-state index contributed by atoms with van der Waals surface area (Å²) in [7, 11) is 0. The molecular weight excluding hydrogens is 1470 g/mol. The van der Waals surface area contributed by atoms with Crippen molar-refractivity contribution in [2.24, 2.45) is 0 Å². The summed E-state index contributed by atoms with van der Waals surface area (Å²) in [5.74, 6) is 0. The van der Waals surface area contributed by atoms with Gasteiger partial charge in [-0.3, -0.25) is 0 Å². The number of benzene rings is 17. The fourth-order valence-electron chi connectivity index (χ4n) is 18.3. The zero-order valence-electron chi connectivity index (χ0n) is 91.1. The second-order valence-electron chi connectivity index (χ2n) is 34.6. The third-order valence-electron chi connectivity index (χ3n) is 24.3. The summed E-state index contributed by atoms with van der Waals surface area (Å²) in [5, 5.41) is 1.12. The largest absolute Gasteiger partial charge is 0.310 e. The van der Waals surface area contributed by atoms with Gasteiger partial charge in [-0.05, 0) is 243 Å². The van der Waals surface area contributed by atoms with Crippen molar-refractivity contribution in [1.82, 2.24) is 9.13 Å². The molecule has 0 atom stereocenters. The molecule has 0 saturated heterocycles. The van der Waals surface area contributed by atoms with Crippen molar-refractivity contribution in [3.63, 3.8) is 0 Å². The van der Waals surface area contributed by atoms with Crippen LogP contribution in [-0.2, 0) is 16.2 Å². The predicted molar refractivity (Wildman–Crippen MR) is 515 cm³/mol. The van der Waals surface area contributed by atoms with Crippen LogP contribution in [0.15, 0.2) is 363 Å². The van der Waals surface area contributed by atoms with Crippen molar-refractivity contribution in [3.8, 4) is 100 Å². The number of rotatable bonds is 6. The van der Waals surface area contributed by atoms with Crippen LogP contribution in [0.25, 0.3) is 164 Å². The van der Waals surface area contributed by atoms with Crippen molar-refractivity contribution < 1.29 is 32.9 Å². The Kier molecular flexibility index (Phi) is 11.4. The minimum atomic E-state index is -0.955. The van der Waals surface area contributed by atoms with Crippen LogP contribution in [0.1, 0.15) is 112 Å². The number of anilines is 6. The van der Waals surface area contributed by atoms with Crippen LogP contribution in [0, 0.1) is 0 Å². The molecule has 23 rings (SSSR count). The van der Waals surface area contributed by atoms with Crippen LogP contribution in [0.3, 0.4) is 0 Å². The average molecular weight is 1580 g/mol. The number of hydrogen-bond donors (Lipinski definition) is 0. The number of para-hydroxylation sites is 2. The molecule has 120 heavy (non-hydrogen) atoms. The first kappa shape index (κ1) is 50.8. The normalized spacial score (nSPS) is 15.8. The topological polar surface area (TPSA) is 16.3 Å². The molecule has 6 heterocycles. The third-order valence-corrected chi connectivity index (χ3v) is 25.4. The standard InChI is InChI=1S/C114H87BN4S/c1-112(2,3)82-62-90(72-32-18-12-19-33-72)110-92(64-82)80-38-26-36-74(56-80)77-46-54-107-95(59-77)96-60-78(47-55-108(96)120-107)75-37-27-39-81(57-75)93-65-83(113(4,5)6)63-91(73-34-20-13-21-35-73)111(93)119-104-69-86(117-99-42-24-22-40-87(99)89-50-44-79(61-102(89)117)71-30-16-11-17-31-71)49-52-98(104)115-97-51-48-85(68-103(97)118(110)105-66-84(114(7,8)9)67-106(119)109(105)115)116-100-43-25-23-41-88(100)94-58-76(45-53-101(94)116)70-28-14-10-15-29-70/h10-69H,1-9H3/i10D,11D,14D,15D,16D,17D,22D,23D,24D,25D,28D,29D,30D,31D,40D,41D,42D,43D,44D,45D,50D,53D,58D,61D. The molecule has 3 aliphatic rings. The van der Waals surface area contributed by atoms with Gasteiger partial charge in [0, 0.05) is 98.1 Å². The van der Waals surface area contributed by atoms with E-state index in [0.717, 1.165) is 109 Å². The Morgan fingerprint density at radius 3 is 1.15 bits per heavy atom. The molecular formula is C114H87BN4S. The number of aromatic nitrogens is 2. The molecule has 4 nitrogen and oxygen atoms in total. The lowest BCUT2D eigenvalue weighted by Crippen LogP contribution is -2.61. The highest BCUT2D eigenvalue weighted by atomic mass is 32.1. The van der Waals surface area contributed by atoms with Crippen LogP contribution in [0.5, 0.6) is 0 Å². The van der Waals surface area contributed by atoms with Crippen LogP contribution < -0.4 is 26.2 Å². The van der Waals surface area contributed by atoms with Gasteiger partial charge in [0.25, 0.3) is 6.71 Å². The Morgan fingerprint density at radius 1 is 0.267 bits per heavy atom. The minimum absolute atomic E-state index is 0.152. The first-order valence-corrected chi connectivity index (χ1v) is 41.2. The highest BCUT2D eigenvalue weighted by Crippen LogP contribution is 2.57. The molecule has 13 bridgehead atoms. The highest BCUT2D eigenvalue weighted by molar-refractivity contribution is 7.25. The molecule has 3 aromatic heterocycles.